The van der Waals surface area contributed by atoms with Crippen LogP contribution in [-0.4, -0.2) is 24.0 Å². The first kappa shape index (κ1) is 13.6. The van der Waals surface area contributed by atoms with Gasteiger partial charge in [0.05, 0.1) is 6.04 Å². The monoisotopic (exact) mass is 278 g/mol. The van der Waals surface area contributed by atoms with E-state index in [9.17, 15) is 0 Å². The second-order valence-electron chi connectivity index (χ2n) is 6.41. The average Bonchev–Trinajstić information content (AvgIpc) is 2.92. The van der Waals surface area contributed by atoms with Gasteiger partial charge in [0.2, 0.25) is 0 Å². The summed E-state index contributed by atoms with van der Waals surface area (Å²) in [6.07, 6.45) is 7.20. The molecule has 2 nitrogen and oxygen atoms in total. The summed E-state index contributed by atoms with van der Waals surface area (Å²) in [7, 11) is 0. The van der Waals surface area contributed by atoms with Crippen molar-refractivity contribution in [3.63, 3.8) is 0 Å². The fourth-order valence-electron chi connectivity index (χ4n) is 4.11. The summed E-state index contributed by atoms with van der Waals surface area (Å²) >= 11 is 1.86. The van der Waals surface area contributed by atoms with E-state index in [-0.39, 0.29) is 6.04 Å². The number of likely N-dealkylation sites (tertiary alicyclic amines) is 1. The Balaban J connectivity index is 1.73. The van der Waals surface area contributed by atoms with E-state index in [1.807, 2.05) is 11.3 Å². The summed E-state index contributed by atoms with van der Waals surface area (Å²) in [5.41, 5.74) is 6.29. The molecule has 2 N–H and O–H groups in total. The zero-order valence-corrected chi connectivity index (χ0v) is 12.7. The van der Waals surface area contributed by atoms with Gasteiger partial charge in [0, 0.05) is 17.5 Å². The molecule has 0 bridgehead atoms. The number of nitrogens with two attached hydrogens (primary N) is 1. The van der Waals surface area contributed by atoms with Gasteiger partial charge in [-0.25, -0.2) is 0 Å². The molecule has 19 heavy (non-hydrogen) atoms. The van der Waals surface area contributed by atoms with Crippen LogP contribution in [0.15, 0.2) is 17.5 Å². The van der Waals surface area contributed by atoms with Gasteiger partial charge >= 0.3 is 0 Å². The van der Waals surface area contributed by atoms with Crippen LogP contribution in [0, 0.1) is 11.8 Å². The van der Waals surface area contributed by atoms with E-state index in [1.54, 1.807) is 0 Å². The molecule has 1 saturated heterocycles. The molecule has 106 valence electrons. The lowest BCUT2D eigenvalue weighted by Crippen LogP contribution is -2.47. The first-order valence-electron chi connectivity index (χ1n) is 7.78. The maximum atomic E-state index is 6.29. The second kappa shape index (κ2) is 5.94. The van der Waals surface area contributed by atoms with Gasteiger partial charge in [-0.3, -0.25) is 4.90 Å². The Morgan fingerprint density at radius 1 is 1.26 bits per heavy atom. The summed E-state index contributed by atoms with van der Waals surface area (Å²) < 4.78 is 0. The minimum Gasteiger partial charge on any atom is -0.326 e. The molecule has 3 rings (SSSR count). The van der Waals surface area contributed by atoms with Gasteiger partial charge in [-0.15, -0.1) is 11.3 Å². The van der Waals surface area contributed by atoms with E-state index in [2.05, 4.69) is 29.3 Å². The molecule has 4 unspecified atom stereocenters. The number of hydrogen-bond acceptors (Lipinski definition) is 3. The second-order valence-corrected chi connectivity index (χ2v) is 7.39. The van der Waals surface area contributed by atoms with Crippen LogP contribution in [0.25, 0.3) is 0 Å². The normalized spacial score (nSPS) is 31.7. The molecule has 1 aromatic rings. The summed E-state index contributed by atoms with van der Waals surface area (Å²) in [4.78, 5) is 4.12. The van der Waals surface area contributed by atoms with Crippen LogP contribution in [0.5, 0.6) is 0 Å². The van der Waals surface area contributed by atoms with Crippen molar-refractivity contribution in [3.8, 4) is 0 Å². The van der Waals surface area contributed by atoms with Gasteiger partial charge in [-0.2, -0.15) is 0 Å². The first-order chi connectivity index (χ1) is 9.25. The van der Waals surface area contributed by atoms with Crippen molar-refractivity contribution in [2.75, 3.05) is 13.1 Å². The Morgan fingerprint density at radius 2 is 2.05 bits per heavy atom. The van der Waals surface area contributed by atoms with Crippen LogP contribution < -0.4 is 5.73 Å². The lowest BCUT2D eigenvalue weighted by molar-refractivity contribution is 0.0506. The van der Waals surface area contributed by atoms with Crippen molar-refractivity contribution in [1.29, 1.82) is 0 Å². The number of hydrogen-bond donors (Lipinski definition) is 1. The molecule has 3 heteroatoms. The lowest BCUT2D eigenvalue weighted by atomic mass is 9.74. The molecule has 2 heterocycles. The van der Waals surface area contributed by atoms with Crippen molar-refractivity contribution >= 4 is 11.3 Å². The van der Waals surface area contributed by atoms with E-state index in [4.69, 9.17) is 5.73 Å². The Hall–Kier alpha value is -0.380. The van der Waals surface area contributed by atoms with E-state index in [0.29, 0.717) is 6.04 Å². The number of thiophene rings is 1. The predicted molar refractivity (Wildman–Crippen MR) is 82.3 cm³/mol. The molecule has 2 aliphatic rings. The highest BCUT2D eigenvalue weighted by atomic mass is 32.1. The SMILES string of the molecule is CC(N)C(c1cccs1)N1CCC2CCCCC2C1. The average molecular weight is 278 g/mol. The Labute approximate surface area is 121 Å². The Morgan fingerprint density at radius 3 is 2.74 bits per heavy atom. The van der Waals surface area contributed by atoms with E-state index >= 15 is 0 Å². The highest BCUT2D eigenvalue weighted by molar-refractivity contribution is 7.10. The third-order valence-electron chi connectivity index (χ3n) is 5.05. The fraction of sp³-hybridized carbons (Fsp3) is 0.750. The van der Waals surface area contributed by atoms with Crippen molar-refractivity contribution in [2.45, 2.75) is 51.1 Å². The molecule has 1 aliphatic carbocycles. The largest absolute Gasteiger partial charge is 0.326 e. The quantitative estimate of drug-likeness (QED) is 0.914. The van der Waals surface area contributed by atoms with Crippen LogP contribution in [0.4, 0.5) is 0 Å². The van der Waals surface area contributed by atoms with Crippen molar-refractivity contribution in [1.82, 2.24) is 4.90 Å². The van der Waals surface area contributed by atoms with Crippen LogP contribution in [-0.2, 0) is 0 Å². The molecule has 4 atom stereocenters. The number of rotatable bonds is 3. The van der Waals surface area contributed by atoms with Crippen molar-refractivity contribution < 1.29 is 0 Å². The highest BCUT2D eigenvalue weighted by Gasteiger charge is 2.35. The van der Waals surface area contributed by atoms with Crippen LogP contribution in [0.1, 0.15) is 49.9 Å². The zero-order chi connectivity index (χ0) is 13.2. The van der Waals surface area contributed by atoms with Gasteiger partial charge in [-0.05, 0) is 49.6 Å². The number of piperidine rings is 1. The third kappa shape index (κ3) is 2.88. The molecule has 0 spiro atoms. The minimum absolute atomic E-state index is 0.221. The van der Waals surface area contributed by atoms with Gasteiger partial charge in [0.15, 0.2) is 0 Å². The standard InChI is InChI=1S/C16H26N2S/c1-12(17)16(15-7-4-10-19-15)18-9-8-13-5-2-3-6-14(13)11-18/h4,7,10,12-14,16H,2-3,5-6,8-9,11,17H2,1H3. The van der Waals surface area contributed by atoms with Crippen LogP contribution >= 0.6 is 11.3 Å². The highest BCUT2D eigenvalue weighted by Crippen LogP contribution is 2.39. The van der Waals surface area contributed by atoms with Crippen molar-refractivity contribution in [3.05, 3.63) is 22.4 Å². The molecular weight excluding hydrogens is 252 g/mol. The number of nitrogens with zero attached hydrogens (tertiary/aromatic N) is 1. The molecule has 1 saturated carbocycles. The zero-order valence-electron chi connectivity index (χ0n) is 11.9. The summed E-state index contributed by atoms with van der Waals surface area (Å²) in [6, 6.07) is 5.07. The van der Waals surface area contributed by atoms with Crippen LogP contribution in [0.3, 0.4) is 0 Å². The van der Waals surface area contributed by atoms with Crippen LogP contribution in [0.2, 0.25) is 0 Å². The fourth-order valence-corrected chi connectivity index (χ4v) is 5.09. The van der Waals surface area contributed by atoms with Crippen molar-refractivity contribution in [2.24, 2.45) is 17.6 Å². The number of fused-ring (bicyclic) bond motifs is 1. The van der Waals surface area contributed by atoms with Gasteiger partial charge in [-0.1, -0.05) is 25.3 Å². The summed E-state index contributed by atoms with van der Waals surface area (Å²) in [5.74, 6) is 1.94. The Bertz CT molecular complexity index is 387. The third-order valence-corrected chi connectivity index (χ3v) is 5.99. The molecule has 2 fully saturated rings. The van der Waals surface area contributed by atoms with Gasteiger partial charge in [0.25, 0.3) is 0 Å². The molecule has 0 radical (unpaired) electrons. The van der Waals surface area contributed by atoms with Gasteiger partial charge in [0.1, 0.15) is 0 Å². The molecule has 0 amide bonds. The molecule has 0 aromatic carbocycles. The maximum absolute atomic E-state index is 6.29. The molecular formula is C16H26N2S. The van der Waals surface area contributed by atoms with E-state index in [1.165, 1.54) is 50.1 Å². The maximum Gasteiger partial charge on any atom is 0.0590 e. The van der Waals surface area contributed by atoms with E-state index in [0.717, 1.165) is 11.8 Å². The topological polar surface area (TPSA) is 29.3 Å². The minimum atomic E-state index is 0.221. The smallest absolute Gasteiger partial charge is 0.0590 e. The summed E-state index contributed by atoms with van der Waals surface area (Å²) in [6.45, 7) is 4.68. The molecule has 1 aliphatic heterocycles. The predicted octanol–water partition coefficient (Wildman–Crippen LogP) is 3.65. The molecule has 1 aromatic heterocycles. The Kier molecular flexibility index (Phi) is 4.25. The first-order valence-corrected chi connectivity index (χ1v) is 8.66. The lowest BCUT2D eigenvalue weighted by Gasteiger charge is -2.45. The summed E-state index contributed by atoms with van der Waals surface area (Å²) in [5, 5.41) is 2.18. The van der Waals surface area contributed by atoms with Gasteiger partial charge < -0.3 is 5.73 Å². The van der Waals surface area contributed by atoms with E-state index < -0.39 is 0 Å².